The highest BCUT2D eigenvalue weighted by atomic mass is 16.5. The number of hydrogen-bond acceptors (Lipinski definition) is 3. The molecule has 2 amide bonds. The predicted octanol–water partition coefficient (Wildman–Crippen LogP) is 1.11. The molecular weight excluding hydrogens is 236 g/mol. The maximum atomic E-state index is 11.7. The van der Waals surface area contributed by atoms with E-state index in [2.05, 4.69) is 10.6 Å². The first kappa shape index (κ1) is 14.8. The number of carbonyl (C=O) groups is 2. The SMILES string of the molecule is CCOCC(C)NC(=O)NC1(C(=O)O)CCCC1. The van der Waals surface area contributed by atoms with Crippen LogP contribution in [0.5, 0.6) is 0 Å². The second-order valence-electron chi connectivity index (χ2n) is 4.75. The van der Waals surface area contributed by atoms with Crippen molar-refractivity contribution in [3.8, 4) is 0 Å². The van der Waals surface area contributed by atoms with E-state index in [4.69, 9.17) is 4.74 Å². The van der Waals surface area contributed by atoms with Crippen LogP contribution in [0.15, 0.2) is 0 Å². The molecule has 0 spiro atoms. The number of amides is 2. The lowest BCUT2D eigenvalue weighted by Crippen LogP contribution is -2.57. The lowest BCUT2D eigenvalue weighted by atomic mass is 9.98. The molecule has 1 rings (SSSR count). The Morgan fingerprint density at radius 1 is 1.39 bits per heavy atom. The third-order valence-electron chi connectivity index (χ3n) is 3.17. The zero-order chi connectivity index (χ0) is 13.6. The molecule has 1 saturated carbocycles. The molecule has 0 saturated heterocycles. The Morgan fingerprint density at radius 3 is 2.50 bits per heavy atom. The van der Waals surface area contributed by atoms with Crippen molar-refractivity contribution < 1.29 is 19.4 Å². The Labute approximate surface area is 107 Å². The van der Waals surface area contributed by atoms with Crippen LogP contribution in [0.3, 0.4) is 0 Å². The molecule has 0 aromatic heterocycles. The van der Waals surface area contributed by atoms with E-state index in [9.17, 15) is 14.7 Å². The summed E-state index contributed by atoms with van der Waals surface area (Å²) in [4.78, 5) is 23.0. The molecule has 0 heterocycles. The van der Waals surface area contributed by atoms with Gasteiger partial charge in [-0.25, -0.2) is 9.59 Å². The van der Waals surface area contributed by atoms with Crippen LogP contribution in [-0.4, -0.2) is 41.9 Å². The molecule has 1 atom stereocenters. The fraction of sp³-hybridized carbons (Fsp3) is 0.833. The number of ether oxygens (including phenoxy) is 1. The Morgan fingerprint density at radius 2 is 2.00 bits per heavy atom. The van der Waals surface area contributed by atoms with E-state index in [1.807, 2.05) is 13.8 Å². The van der Waals surface area contributed by atoms with E-state index < -0.39 is 17.5 Å². The van der Waals surface area contributed by atoms with E-state index in [-0.39, 0.29) is 6.04 Å². The summed E-state index contributed by atoms with van der Waals surface area (Å²) < 4.78 is 5.18. The number of nitrogens with one attached hydrogen (secondary N) is 2. The lowest BCUT2D eigenvalue weighted by Gasteiger charge is -2.26. The van der Waals surface area contributed by atoms with Gasteiger partial charge in [-0.2, -0.15) is 0 Å². The van der Waals surface area contributed by atoms with Crippen molar-refractivity contribution in [1.82, 2.24) is 10.6 Å². The van der Waals surface area contributed by atoms with E-state index >= 15 is 0 Å². The van der Waals surface area contributed by atoms with Crippen LogP contribution in [0.25, 0.3) is 0 Å². The van der Waals surface area contributed by atoms with Crippen LogP contribution in [0.2, 0.25) is 0 Å². The van der Waals surface area contributed by atoms with Gasteiger partial charge >= 0.3 is 12.0 Å². The van der Waals surface area contributed by atoms with Crippen molar-refractivity contribution in [1.29, 1.82) is 0 Å². The molecule has 104 valence electrons. The Balaban J connectivity index is 2.45. The monoisotopic (exact) mass is 258 g/mol. The first-order chi connectivity index (χ1) is 8.50. The number of carboxylic acids is 1. The van der Waals surface area contributed by atoms with Crippen molar-refractivity contribution in [2.24, 2.45) is 0 Å². The quantitative estimate of drug-likeness (QED) is 0.666. The van der Waals surface area contributed by atoms with Gasteiger partial charge in [-0.05, 0) is 26.7 Å². The molecule has 1 aliphatic rings. The molecule has 0 aromatic carbocycles. The van der Waals surface area contributed by atoms with Crippen molar-refractivity contribution in [2.75, 3.05) is 13.2 Å². The molecule has 18 heavy (non-hydrogen) atoms. The van der Waals surface area contributed by atoms with E-state index in [1.54, 1.807) is 0 Å². The highest BCUT2D eigenvalue weighted by Gasteiger charge is 2.42. The number of urea groups is 1. The standard InChI is InChI=1S/C12H22N2O4/c1-3-18-8-9(2)13-11(17)14-12(10(15)16)6-4-5-7-12/h9H,3-8H2,1-2H3,(H,15,16)(H2,13,14,17). The Hall–Kier alpha value is -1.30. The van der Waals surface area contributed by atoms with E-state index in [1.165, 1.54) is 0 Å². The van der Waals surface area contributed by atoms with Crippen LogP contribution in [-0.2, 0) is 9.53 Å². The van der Waals surface area contributed by atoms with Gasteiger partial charge < -0.3 is 20.5 Å². The van der Waals surface area contributed by atoms with Crippen LogP contribution in [0.1, 0.15) is 39.5 Å². The topological polar surface area (TPSA) is 87.7 Å². The van der Waals surface area contributed by atoms with Crippen LogP contribution < -0.4 is 10.6 Å². The molecule has 0 radical (unpaired) electrons. The summed E-state index contributed by atoms with van der Waals surface area (Å²) in [5.74, 6) is -0.951. The highest BCUT2D eigenvalue weighted by molar-refractivity contribution is 5.86. The molecule has 0 aliphatic heterocycles. The van der Waals surface area contributed by atoms with E-state index in [0.717, 1.165) is 12.8 Å². The zero-order valence-electron chi connectivity index (χ0n) is 11.0. The first-order valence-corrected chi connectivity index (χ1v) is 6.40. The van der Waals surface area contributed by atoms with Crippen LogP contribution in [0, 0.1) is 0 Å². The van der Waals surface area contributed by atoms with Gasteiger partial charge in [0, 0.05) is 6.61 Å². The minimum absolute atomic E-state index is 0.141. The smallest absolute Gasteiger partial charge is 0.329 e. The zero-order valence-corrected chi connectivity index (χ0v) is 11.0. The number of carbonyl (C=O) groups excluding carboxylic acids is 1. The van der Waals surface area contributed by atoms with Gasteiger partial charge in [-0.3, -0.25) is 0 Å². The normalized spacial score (nSPS) is 19.2. The van der Waals surface area contributed by atoms with Gasteiger partial charge in [0.25, 0.3) is 0 Å². The predicted molar refractivity (Wildman–Crippen MR) is 66.5 cm³/mol. The summed E-state index contributed by atoms with van der Waals surface area (Å²) in [5, 5.41) is 14.5. The minimum atomic E-state index is -1.09. The van der Waals surface area contributed by atoms with Crippen molar-refractivity contribution >= 4 is 12.0 Å². The minimum Gasteiger partial charge on any atom is -0.480 e. The average Bonchev–Trinajstić information content (AvgIpc) is 2.75. The van der Waals surface area contributed by atoms with Gasteiger partial charge in [0.1, 0.15) is 5.54 Å². The van der Waals surface area contributed by atoms with Gasteiger partial charge in [0.05, 0.1) is 12.6 Å². The maximum absolute atomic E-state index is 11.7. The molecule has 1 unspecified atom stereocenters. The number of carboxylic acid groups (broad SMARTS) is 1. The molecule has 3 N–H and O–H groups in total. The van der Waals surface area contributed by atoms with Gasteiger partial charge in [-0.15, -0.1) is 0 Å². The summed E-state index contributed by atoms with van der Waals surface area (Å²) in [6.45, 7) is 4.71. The Bertz CT molecular complexity index is 300. The molecular formula is C12H22N2O4. The summed E-state index contributed by atoms with van der Waals surface area (Å²) in [7, 11) is 0. The van der Waals surface area contributed by atoms with E-state index in [0.29, 0.717) is 26.1 Å². The maximum Gasteiger partial charge on any atom is 0.329 e. The number of rotatable bonds is 6. The van der Waals surface area contributed by atoms with Crippen molar-refractivity contribution in [3.05, 3.63) is 0 Å². The van der Waals surface area contributed by atoms with Crippen molar-refractivity contribution in [2.45, 2.75) is 51.1 Å². The summed E-state index contributed by atoms with van der Waals surface area (Å²) in [6.07, 6.45) is 2.66. The summed E-state index contributed by atoms with van der Waals surface area (Å²) >= 11 is 0. The molecule has 6 heteroatoms. The van der Waals surface area contributed by atoms with Crippen molar-refractivity contribution in [3.63, 3.8) is 0 Å². The number of hydrogen-bond donors (Lipinski definition) is 3. The van der Waals surface area contributed by atoms with Crippen LogP contribution >= 0.6 is 0 Å². The second kappa shape index (κ2) is 6.58. The molecule has 0 bridgehead atoms. The summed E-state index contributed by atoms with van der Waals surface area (Å²) in [6, 6.07) is -0.580. The largest absolute Gasteiger partial charge is 0.480 e. The molecule has 6 nitrogen and oxygen atoms in total. The molecule has 1 fully saturated rings. The molecule has 1 aliphatic carbocycles. The van der Waals surface area contributed by atoms with Gasteiger partial charge in [0.2, 0.25) is 0 Å². The van der Waals surface area contributed by atoms with Gasteiger partial charge in [0.15, 0.2) is 0 Å². The van der Waals surface area contributed by atoms with Crippen LogP contribution in [0.4, 0.5) is 4.79 Å². The lowest BCUT2D eigenvalue weighted by molar-refractivity contribution is -0.144. The second-order valence-corrected chi connectivity index (χ2v) is 4.75. The highest BCUT2D eigenvalue weighted by Crippen LogP contribution is 2.29. The average molecular weight is 258 g/mol. The fourth-order valence-electron chi connectivity index (χ4n) is 2.18. The summed E-state index contributed by atoms with van der Waals surface area (Å²) in [5.41, 5.74) is -1.09. The third kappa shape index (κ3) is 3.87. The first-order valence-electron chi connectivity index (χ1n) is 6.40. The fourth-order valence-corrected chi connectivity index (χ4v) is 2.18. The Kier molecular flexibility index (Phi) is 5.40. The number of aliphatic carboxylic acids is 1. The van der Waals surface area contributed by atoms with Gasteiger partial charge in [-0.1, -0.05) is 12.8 Å². The third-order valence-corrected chi connectivity index (χ3v) is 3.17. The molecule has 0 aromatic rings.